The number of Topliss-reactive ketones (excluding diaryl/α,β-unsaturated/α-hetero) is 1. The number of carbonyl (C=O) groups is 2. The van der Waals surface area contributed by atoms with Crippen molar-refractivity contribution in [2.45, 2.75) is 70.3 Å². The Balaban J connectivity index is 1.56. The molecule has 5 rings (SSSR count). The summed E-state index contributed by atoms with van der Waals surface area (Å²) in [6, 6.07) is 10.8. The Morgan fingerprint density at radius 3 is 2.38 bits per heavy atom. The van der Waals surface area contributed by atoms with Gasteiger partial charge in [0.15, 0.2) is 28.8 Å². The number of phenolic OH excluding ortho intramolecular Hbond substituents is 1. The zero-order valence-corrected chi connectivity index (χ0v) is 23.5. The van der Waals surface area contributed by atoms with Gasteiger partial charge < -0.3 is 29.4 Å². The molecule has 2 atom stereocenters. The Kier molecular flexibility index (Phi) is 8.05. The first-order valence-electron chi connectivity index (χ1n) is 14.0. The number of hydrogen-bond donors (Lipinski definition) is 2. The van der Waals surface area contributed by atoms with Gasteiger partial charge in [-0.15, -0.1) is 0 Å². The molecule has 0 bridgehead atoms. The molecule has 0 radical (unpaired) electrons. The maximum absolute atomic E-state index is 14.0. The molecule has 2 aromatic carbocycles. The Hall–Kier alpha value is -3.94. The highest BCUT2D eigenvalue weighted by molar-refractivity contribution is 6.04. The number of methoxy groups -OCH3 is 2. The molecule has 2 N–H and O–H groups in total. The minimum atomic E-state index is -0.635. The Morgan fingerprint density at radius 2 is 1.68 bits per heavy atom. The van der Waals surface area contributed by atoms with E-state index in [1.165, 1.54) is 0 Å². The summed E-state index contributed by atoms with van der Waals surface area (Å²) in [7, 11) is 3.19. The highest BCUT2D eigenvalue weighted by Gasteiger charge is 2.42. The van der Waals surface area contributed by atoms with Crippen LogP contribution in [-0.2, 0) is 14.3 Å². The summed E-state index contributed by atoms with van der Waals surface area (Å²) in [6.07, 6.45) is 4.54. The van der Waals surface area contributed by atoms with Gasteiger partial charge in [-0.25, -0.2) is 4.79 Å². The fourth-order valence-electron chi connectivity index (χ4n) is 6.19. The molecule has 8 nitrogen and oxygen atoms in total. The van der Waals surface area contributed by atoms with Crippen LogP contribution in [0.15, 0.2) is 58.9 Å². The van der Waals surface area contributed by atoms with Gasteiger partial charge >= 0.3 is 5.97 Å². The van der Waals surface area contributed by atoms with Gasteiger partial charge in [0.25, 0.3) is 0 Å². The van der Waals surface area contributed by atoms with Crippen LogP contribution in [0, 0.1) is 0 Å². The number of hydrogen-bond acceptors (Lipinski definition) is 8. The monoisotopic (exact) mass is 547 g/mol. The van der Waals surface area contributed by atoms with Gasteiger partial charge in [0, 0.05) is 29.3 Å². The van der Waals surface area contributed by atoms with Crippen molar-refractivity contribution in [3.63, 3.8) is 0 Å². The molecular formula is C32H37NO7. The van der Waals surface area contributed by atoms with E-state index in [1.54, 1.807) is 32.4 Å². The standard InChI is InChI=1S/C32H37NO7/c1-5-39-27-17-20(10-12-24(27)34)30-29(32(36)40-22-8-6-7-9-22)18(2)33-23-14-21(15-25(35)31(23)30)19-11-13-26(37-3)28(16-19)38-4/h10-13,16-17,21-22,30,33-34H,5-9,14-15H2,1-4H3/t21-,30-/m0/s1. The molecule has 40 heavy (non-hydrogen) atoms. The van der Waals surface area contributed by atoms with Crippen LogP contribution in [0.3, 0.4) is 0 Å². The molecule has 0 amide bonds. The smallest absolute Gasteiger partial charge is 0.337 e. The van der Waals surface area contributed by atoms with Gasteiger partial charge in [-0.2, -0.15) is 0 Å². The van der Waals surface area contributed by atoms with Crippen molar-refractivity contribution >= 4 is 11.8 Å². The Bertz CT molecular complexity index is 1370. The van der Waals surface area contributed by atoms with E-state index < -0.39 is 11.9 Å². The third kappa shape index (κ3) is 5.27. The zero-order chi connectivity index (χ0) is 28.4. The minimum Gasteiger partial charge on any atom is -0.504 e. The molecule has 1 saturated carbocycles. The molecule has 3 aliphatic rings. The number of esters is 1. The molecule has 1 aliphatic heterocycles. The van der Waals surface area contributed by atoms with Crippen LogP contribution in [0.25, 0.3) is 0 Å². The lowest BCUT2D eigenvalue weighted by Gasteiger charge is -2.37. The van der Waals surface area contributed by atoms with Gasteiger partial charge in [-0.3, -0.25) is 4.79 Å². The molecule has 212 valence electrons. The van der Waals surface area contributed by atoms with Gasteiger partial charge in [-0.05, 0) is 87.3 Å². The van der Waals surface area contributed by atoms with Crippen molar-refractivity contribution in [3.8, 4) is 23.0 Å². The number of aromatic hydroxyl groups is 1. The van der Waals surface area contributed by atoms with Crippen LogP contribution in [-0.4, -0.2) is 43.8 Å². The Labute approximate surface area is 235 Å². The summed E-state index contributed by atoms with van der Waals surface area (Å²) in [5.74, 6) is 0.411. The quantitative estimate of drug-likeness (QED) is 0.409. The fraction of sp³-hybridized carbons (Fsp3) is 0.438. The van der Waals surface area contributed by atoms with Gasteiger partial charge in [-0.1, -0.05) is 12.1 Å². The fourth-order valence-corrected chi connectivity index (χ4v) is 6.19. The number of phenols is 1. The van der Waals surface area contributed by atoms with Crippen LogP contribution < -0.4 is 19.5 Å². The molecule has 2 aromatic rings. The van der Waals surface area contributed by atoms with E-state index in [-0.39, 0.29) is 30.0 Å². The first-order chi connectivity index (χ1) is 19.3. The summed E-state index contributed by atoms with van der Waals surface area (Å²) >= 11 is 0. The van der Waals surface area contributed by atoms with Crippen molar-refractivity contribution in [2.24, 2.45) is 0 Å². The predicted molar refractivity (Wildman–Crippen MR) is 150 cm³/mol. The second-order valence-electron chi connectivity index (χ2n) is 10.6. The van der Waals surface area contributed by atoms with Crippen LogP contribution in [0.2, 0.25) is 0 Å². The second kappa shape index (κ2) is 11.7. The van der Waals surface area contributed by atoms with Crippen LogP contribution in [0.4, 0.5) is 0 Å². The minimum absolute atomic E-state index is 0.00742. The summed E-state index contributed by atoms with van der Waals surface area (Å²) in [5.41, 5.74) is 4.13. The normalized spacial score (nSPS) is 21.1. The highest BCUT2D eigenvalue weighted by Crippen LogP contribution is 2.47. The van der Waals surface area contributed by atoms with E-state index in [4.69, 9.17) is 18.9 Å². The average Bonchev–Trinajstić information content (AvgIpc) is 3.46. The number of allylic oxidation sites excluding steroid dienone is 3. The molecule has 2 aliphatic carbocycles. The predicted octanol–water partition coefficient (Wildman–Crippen LogP) is 5.66. The van der Waals surface area contributed by atoms with Crippen LogP contribution in [0.5, 0.6) is 23.0 Å². The van der Waals surface area contributed by atoms with Gasteiger partial charge in [0.05, 0.1) is 26.4 Å². The van der Waals surface area contributed by atoms with E-state index in [0.29, 0.717) is 52.7 Å². The van der Waals surface area contributed by atoms with Crippen molar-refractivity contribution in [1.29, 1.82) is 0 Å². The Morgan fingerprint density at radius 1 is 0.975 bits per heavy atom. The SMILES string of the molecule is CCOc1cc([C@H]2C(C(=O)OC3CCCC3)=C(C)NC3=C2C(=O)C[C@@H](c2ccc(OC)c(OC)c2)C3)ccc1O. The third-order valence-corrected chi connectivity index (χ3v) is 8.12. The lowest BCUT2D eigenvalue weighted by atomic mass is 9.71. The second-order valence-corrected chi connectivity index (χ2v) is 10.6. The van der Waals surface area contributed by atoms with Gasteiger partial charge in [0.1, 0.15) is 6.10 Å². The van der Waals surface area contributed by atoms with Crippen LogP contribution in [0.1, 0.15) is 75.3 Å². The lowest BCUT2D eigenvalue weighted by molar-refractivity contribution is -0.144. The average molecular weight is 548 g/mol. The molecule has 1 heterocycles. The highest BCUT2D eigenvalue weighted by atomic mass is 16.5. The molecule has 1 fully saturated rings. The van der Waals surface area contributed by atoms with Crippen molar-refractivity contribution in [1.82, 2.24) is 5.32 Å². The van der Waals surface area contributed by atoms with E-state index in [9.17, 15) is 14.7 Å². The van der Waals surface area contributed by atoms with E-state index in [1.807, 2.05) is 32.0 Å². The van der Waals surface area contributed by atoms with Crippen molar-refractivity contribution < 1.29 is 33.6 Å². The van der Waals surface area contributed by atoms with Crippen LogP contribution >= 0.6 is 0 Å². The number of ketones is 1. The first kappa shape index (κ1) is 27.6. The maximum atomic E-state index is 14.0. The van der Waals surface area contributed by atoms with E-state index >= 15 is 0 Å². The number of nitrogens with one attached hydrogen (secondary N) is 1. The molecule has 0 saturated heterocycles. The lowest BCUT2D eigenvalue weighted by Crippen LogP contribution is -2.36. The third-order valence-electron chi connectivity index (χ3n) is 8.12. The zero-order valence-electron chi connectivity index (χ0n) is 23.5. The number of dihydropyridines is 1. The molecule has 0 unspecified atom stereocenters. The maximum Gasteiger partial charge on any atom is 0.337 e. The number of ether oxygens (including phenoxy) is 4. The number of rotatable bonds is 8. The van der Waals surface area contributed by atoms with Gasteiger partial charge in [0.2, 0.25) is 0 Å². The van der Waals surface area contributed by atoms with E-state index in [2.05, 4.69) is 5.32 Å². The summed E-state index contributed by atoms with van der Waals surface area (Å²) in [6.45, 7) is 4.07. The summed E-state index contributed by atoms with van der Waals surface area (Å²) < 4.78 is 22.5. The summed E-state index contributed by atoms with van der Waals surface area (Å²) in [4.78, 5) is 27.6. The largest absolute Gasteiger partial charge is 0.504 e. The van der Waals surface area contributed by atoms with Crippen molar-refractivity contribution in [2.75, 3.05) is 20.8 Å². The van der Waals surface area contributed by atoms with E-state index in [0.717, 1.165) is 36.9 Å². The van der Waals surface area contributed by atoms with Crippen molar-refractivity contribution in [3.05, 3.63) is 70.1 Å². The molecule has 8 heteroatoms. The number of benzene rings is 2. The molecular weight excluding hydrogens is 510 g/mol. The topological polar surface area (TPSA) is 103 Å². The summed E-state index contributed by atoms with van der Waals surface area (Å²) in [5, 5.41) is 13.8. The molecule has 0 aromatic heterocycles. The first-order valence-corrected chi connectivity index (χ1v) is 14.0. The molecule has 0 spiro atoms. The number of carbonyl (C=O) groups excluding carboxylic acids is 2.